The van der Waals surface area contributed by atoms with Gasteiger partial charge >= 0.3 is 5.97 Å². The summed E-state index contributed by atoms with van der Waals surface area (Å²) in [4.78, 5) is 50.6. The van der Waals surface area contributed by atoms with Gasteiger partial charge in [-0.25, -0.2) is 9.69 Å². The van der Waals surface area contributed by atoms with Crippen molar-refractivity contribution in [3.8, 4) is 0 Å². The van der Waals surface area contributed by atoms with Gasteiger partial charge in [0.2, 0.25) is 5.91 Å². The van der Waals surface area contributed by atoms with Crippen molar-refractivity contribution in [1.29, 1.82) is 0 Å². The number of hydrogen-bond acceptors (Lipinski definition) is 7. The van der Waals surface area contributed by atoms with E-state index in [1.165, 1.54) is 24.3 Å². The fraction of sp³-hybridized carbons (Fsp3) is 0.333. The third-order valence-electron chi connectivity index (χ3n) is 5.07. The van der Waals surface area contributed by atoms with E-state index in [4.69, 9.17) is 21.1 Å². The number of ether oxygens (including phenoxy) is 2. The molecular weight excluding hydrogens is 448 g/mol. The summed E-state index contributed by atoms with van der Waals surface area (Å²) in [7, 11) is 0. The molecule has 0 spiro atoms. The highest BCUT2D eigenvalue weighted by atomic mass is 35.5. The van der Waals surface area contributed by atoms with Gasteiger partial charge in [0, 0.05) is 23.8 Å². The molecular formula is C24H25ClN2O6. The summed E-state index contributed by atoms with van der Waals surface area (Å²) >= 11 is 5.80. The van der Waals surface area contributed by atoms with E-state index in [1.807, 2.05) is 6.92 Å². The molecule has 1 saturated heterocycles. The zero-order chi connectivity index (χ0) is 23.8. The molecule has 2 aromatic rings. The number of imide groups is 1. The highest BCUT2D eigenvalue weighted by Gasteiger charge is 2.39. The molecule has 1 N–H and O–H groups in total. The molecule has 0 aromatic heterocycles. The van der Waals surface area contributed by atoms with E-state index in [-0.39, 0.29) is 29.6 Å². The van der Waals surface area contributed by atoms with E-state index < -0.39 is 18.6 Å². The Labute approximate surface area is 196 Å². The van der Waals surface area contributed by atoms with Crippen LogP contribution in [0.15, 0.2) is 48.5 Å². The van der Waals surface area contributed by atoms with Crippen LogP contribution in [0.1, 0.15) is 40.5 Å². The second-order valence-electron chi connectivity index (χ2n) is 7.38. The summed E-state index contributed by atoms with van der Waals surface area (Å²) in [5.41, 5.74) is 0.958. The normalized spacial score (nSPS) is 15.7. The Morgan fingerprint density at radius 2 is 1.73 bits per heavy atom. The van der Waals surface area contributed by atoms with Crippen LogP contribution in [-0.4, -0.2) is 56.0 Å². The second-order valence-corrected chi connectivity index (χ2v) is 7.82. The van der Waals surface area contributed by atoms with Crippen molar-refractivity contribution in [2.45, 2.75) is 25.8 Å². The van der Waals surface area contributed by atoms with E-state index >= 15 is 0 Å². The molecule has 1 heterocycles. The van der Waals surface area contributed by atoms with E-state index in [9.17, 15) is 19.2 Å². The zero-order valence-corrected chi connectivity index (χ0v) is 19.0. The van der Waals surface area contributed by atoms with Crippen LogP contribution >= 0.6 is 11.6 Å². The lowest BCUT2D eigenvalue weighted by Crippen LogP contribution is -2.39. The number of carbonyl (C=O) groups is 4. The van der Waals surface area contributed by atoms with Crippen molar-refractivity contribution in [1.82, 2.24) is 5.32 Å². The van der Waals surface area contributed by atoms with Gasteiger partial charge in [0.25, 0.3) is 5.91 Å². The third-order valence-corrected chi connectivity index (χ3v) is 5.32. The van der Waals surface area contributed by atoms with Crippen LogP contribution in [0.2, 0.25) is 5.02 Å². The van der Waals surface area contributed by atoms with Crippen LogP contribution in [0, 0.1) is 0 Å². The minimum absolute atomic E-state index is 0.0735. The van der Waals surface area contributed by atoms with Gasteiger partial charge in [-0.15, -0.1) is 0 Å². The van der Waals surface area contributed by atoms with Gasteiger partial charge < -0.3 is 14.8 Å². The molecule has 8 nitrogen and oxygen atoms in total. The van der Waals surface area contributed by atoms with Crippen molar-refractivity contribution >= 4 is 40.9 Å². The Morgan fingerprint density at radius 3 is 2.39 bits per heavy atom. The van der Waals surface area contributed by atoms with E-state index in [1.54, 1.807) is 24.3 Å². The van der Waals surface area contributed by atoms with Gasteiger partial charge in [-0.1, -0.05) is 11.6 Å². The summed E-state index contributed by atoms with van der Waals surface area (Å²) in [6.07, 6.45) is 0.813. The SMILES string of the molecule is CCOCCCNC1CC(=O)N(c2ccc(C(=O)OCC(=O)c3ccc(Cl)cc3)cc2)C1=O. The van der Waals surface area contributed by atoms with Gasteiger partial charge in [-0.05, 0) is 68.4 Å². The molecule has 33 heavy (non-hydrogen) atoms. The molecule has 1 atom stereocenters. The molecule has 0 aliphatic carbocycles. The van der Waals surface area contributed by atoms with Crippen LogP contribution in [-0.2, 0) is 19.1 Å². The number of halogens is 1. The summed E-state index contributed by atoms with van der Waals surface area (Å²) in [6, 6.07) is 11.6. The largest absolute Gasteiger partial charge is 0.454 e. The number of nitrogens with one attached hydrogen (secondary N) is 1. The first-order valence-electron chi connectivity index (χ1n) is 10.6. The van der Waals surface area contributed by atoms with Crippen LogP contribution in [0.4, 0.5) is 5.69 Å². The molecule has 1 aliphatic heterocycles. The summed E-state index contributed by atoms with van der Waals surface area (Å²) in [5, 5.41) is 3.59. The first-order chi connectivity index (χ1) is 15.9. The van der Waals surface area contributed by atoms with E-state index in [2.05, 4.69) is 5.32 Å². The fourth-order valence-electron chi connectivity index (χ4n) is 3.34. The van der Waals surface area contributed by atoms with Crippen LogP contribution in [0.25, 0.3) is 0 Å². The molecule has 174 valence electrons. The number of Topliss-reactive ketones (excluding diaryl/α,β-unsaturated/α-hetero) is 1. The van der Waals surface area contributed by atoms with Gasteiger partial charge in [0.1, 0.15) is 0 Å². The van der Waals surface area contributed by atoms with Crippen molar-refractivity contribution in [2.24, 2.45) is 0 Å². The Kier molecular flexibility index (Phi) is 8.71. The Morgan fingerprint density at radius 1 is 1.06 bits per heavy atom. The maximum atomic E-state index is 12.7. The van der Waals surface area contributed by atoms with Crippen molar-refractivity contribution in [3.05, 3.63) is 64.7 Å². The monoisotopic (exact) mass is 472 g/mol. The van der Waals surface area contributed by atoms with Crippen LogP contribution < -0.4 is 10.2 Å². The Balaban J connectivity index is 1.54. The standard InChI is InChI=1S/C24H25ClN2O6/c1-2-32-13-3-12-26-20-14-22(29)27(23(20)30)19-10-6-17(7-11-19)24(31)33-15-21(28)16-4-8-18(25)9-5-16/h4-11,20,26H,2-3,12-15H2,1H3. The highest BCUT2D eigenvalue weighted by Crippen LogP contribution is 2.23. The predicted molar refractivity (Wildman–Crippen MR) is 123 cm³/mol. The molecule has 2 aromatic carbocycles. The number of ketones is 1. The lowest BCUT2D eigenvalue weighted by molar-refractivity contribution is -0.121. The molecule has 0 saturated carbocycles. The minimum Gasteiger partial charge on any atom is -0.454 e. The number of anilines is 1. The molecule has 9 heteroatoms. The minimum atomic E-state index is -0.684. The highest BCUT2D eigenvalue weighted by molar-refractivity contribution is 6.30. The number of benzene rings is 2. The quantitative estimate of drug-likeness (QED) is 0.232. The number of carbonyl (C=O) groups excluding carboxylic acids is 4. The van der Waals surface area contributed by atoms with Crippen molar-refractivity contribution in [3.63, 3.8) is 0 Å². The first kappa shape index (κ1) is 24.6. The Hall–Kier alpha value is -3.07. The average Bonchev–Trinajstić information content (AvgIpc) is 3.10. The van der Waals surface area contributed by atoms with Gasteiger partial charge in [0.05, 0.1) is 23.7 Å². The smallest absolute Gasteiger partial charge is 0.338 e. The van der Waals surface area contributed by atoms with Crippen molar-refractivity contribution in [2.75, 3.05) is 31.3 Å². The Bertz CT molecular complexity index is 1010. The fourth-order valence-corrected chi connectivity index (χ4v) is 3.46. The summed E-state index contributed by atoms with van der Waals surface area (Å²) in [5.74, 6) is -1.69. The first-order valence-corrected chi connectivity index (χ1v) is 11.0. The van der Waals surface area contributed by atoms with Crippen molar-refractivity contribution < 1.29 is 28.7 Å². The van der Waals surface area contributed by atoms with E-state index in [0.717, 1.165) is 11.3 Å². The molecule has 0 radical (unpaired) electrons. The zero-order valence-electron chi connectivity index (χ0n) is 18.2. The predicted octanol–water partition coefficient (Wildman–Crippen LogP) is 3.03. The third kappa shape index (κ3) is 6.47. The molecule has 2 amide bonds. The molecule has 1 fully saturated rings. The number of amides is 2. The summed E-state index contributed by atoms with van der Waals surface area (Å²) < 4.78 is 10.3. The molecule has 0 bridgehead atoms. The number of hydrogen-bond donors (Lipinski definition) is 1. The van der Waals surface area contributed by atoms with Crippen LogP contribution in [0.3, 0.4) is 0 Å². The topological polar surface area (TPSA) is 102 Å². The summed E-state index contributed by atoms with van der Waals surface area (Å²) in [6.45, 7) is 3.29. The number of rotatable bonds is 11. The maximum absolute atomic E-state index is 12.7. The number of esters is 1. The van der Waals surface area contributed by atoms with Gasteiger partial charge in [0.15, 0.2) is 12.4 Å². The van der Waals surface area contributed by atoms with Gasteiger partial charge in [-0.2, -0.15) is 0 Å². The number of nitrogens with zero attached hydrogens (tertiary/aromatic N) is 1. The van der Waals surface area contributed by atoms with Crippen LogP contribution in [0.5, 0.6) is 0 Å². The maximum Gasteiger partial charge on any atom is 0.338 e. The van der Waals surface area contributed by atoms with E-state index in [0.29, 0.717) is 36.0 Å². The lowest BCUT2D eigenvalue weighted by Gasteiger charge is -2.16. The molecule has 1 aliphatic rings. The van der Waals surface area contributed by atoms with Gasteiger partial charge in [-0.3, -0.25) is 14.4 Å². The average molecular weight is 473 g/mol. The molecule has 3 rings (SSSR count). The molecule has 1 unspecified atom stereocenters. The lowest BCUT2D eigenvalue weighted by atomic mass is 10.1. The second kappa shape index (κ2) is 11.7.